The van der Waals surface area contributed by atoms with E-state index in [2.05, 4.69) is 14.9 Å². The number of nitrogens with one attached hydrogen (secondary N) is 1. The van der Waals surface area contributed by atoms with Crippen LogP contribution in [0.15, 0.2) is 0 Å². The lowest BCUT2D eigenvalue weighted by atomic mass is 10.2. The highest BCUT2D eigenvalue weighted by molar-refractivity contribution is 6.01. The predicted molar refractivity (Wildman–Crippen MR) is 45.3 cm³/mol. The van der Waals surface area contributed by atoms with Crippen LogP contribution in [0.25, 0.3) is 0 Å². The highest BCUT2D eigenvalue weighted by atomic mass is 16.5. The summed E-state index contributed by atoms with van der Waals surface area (Å²) in [6.07, 6.45) is 0.805. The highest BCUT2D eigenvalue weighted by Crippen LogP contribution is 2.08. The molecule has 0 bridgehead atoms. The van der Waals surface area contributed by atoms with Gasteiger partial charge in [0.1, 0.15) is 5.69 Å². The Hall–Kier alpha value is -1.98. The maximum Gasteiger partial charge on any atom is 0.359 e. The van der Waals surface area contributed by atoms with Crippen molar-refractivity contribution in [2.24, 2.45) is 0 Å². The fourth-order valence-electron chi connectivity index (χ4n) is 0.928. The average Bonchev–Trinajstić information content (AvgIpc) is 2.60. The number of aromatic nitrogens is 2. The quantitative estimate of drug-likeness (QED) is 0.549. The van der Waals surface area contributed by atoms with E-state index in [1.807, 2.05) is 0 Å². The van der Waals surface area contributed by atoms with E-state index in [0.717, 1.165) is 0 Å². The molecule has 0 saturated carbocycles. The maximum atomic E-state index is 11.2. The molecule has 1 rings (SSSR count). The minimum atomic E-state index is -0.723. The molecule has 1 aromatic rings. The number of aldehydes is 2. The lowest BCUT2D eigenvalue weighted by Crippen LogP contribution is -2.08. The van der Waals surface area contributed by atoms with Gasteiger partial charge in [-0.25, -0.2) is 4.79 Å². The second-order valence-corrected chi connectivity index (χ2v) is 2.36. The van der Waals surface area contributed by atoms with Crippen LogP contribution < -0.4 is 0 Å². The van der Waals surface area contributed by atoms with E-state index in [0.29, 0.717) is 12.6 Å². The summed E-state index contributed by atoms with van der Waals surface area (Å²) in [4.78, 5) is 32.1. The average molecular weight is 196 g/mol. The van der Waals surface area contributed by atoms with Gasteiger partial charge in [-0.05, 0) is 6.92 Å². The van der Waals surface area contributed by atoms with Crippen molar-refractivity contribution in [2.45, 2.75) is 6.92 Å². The van der Waals surface area contributed by atoms with Crippen molar-refractivity contribution in [2.75, 3.05) is 6.61 Å². The van der Waals surface area contributed by atoms with Crippen LogP contribution in [0.3, 0.4) is 0 Å². The molecule has 6 heteroatoms. The number of ether oxygens (including phenoxy) is 1. The molecule has 0 aliphatic carbocycles. The van der Waals surface area contributed by atoms with E-state index < -0.39 is 5.97 Å². The zero-order chi connectivity index (χ0) is 10.6. The third-order valence-corrected chi connectivity index (χ3v) is 1.54. The Kier molecular flexibility index (Phi) is 3.11. The van der Waals surface area contributed by atoms with Gasteiger partial charge in [-0.1, -0.05) is 0 Å². The molecule has 1 aromatic heterocycles. The van der Waals surface area contributed by atoms with Gasteiger partial charge in [-0.2, -0.15) is 5.10 Å². The number of carbonyl (C=O) groups excluding carboxylic acids is 3. The summed E-state index contributed by atoms with van der Waals surface area (Å²) < 4.78 is 4.63. The summed E-state index contributed by atoms with van der Waals surface area (Å²) in [7, 11) is 0. The minimum absolute atomic E-state index is 0.0250. The van der Waals surface area contributed by atoms with Gasteiger partial charge in [0, 0.05) is 0 Å². The first kappa shape index (κ1) is 10.1. The standard InChI is InChI=1S/C8H8N2O4/c1-2-14-8(13)7-5(3-11)6(4-12)9-10-7/h3-4H,2H2,1H3,(H,9,10). The third-order valence-electron chi connectivity index (χ3n) is 1.54. The Labute approximate surface area is 79.3 Å². The summed E-state index contributed by atoms with van der Waals surface area (Å²) in [5.74, 6) is -0.723. The van der Waals surface area contributed by atoms with Gasteiger partial charge in [0.15, 0.2) is 18.3 Å². The van der Waals surface area contributed by atoms with Gasteiger partial charge in [0.25, 0.3) is 0 Å². The van der Waals surface area contributed by atoms with Crippen LogP contribution in [0, 0.1) is 0 Å². The molecular weight excluding hydrogens is 188 g/mol. The molecule has 0 aliphatic rings. The van der Waals surface area contributed by atoms with Crippen LogP contribution in [0.2, 0.25) is 0 Å². The highest BCUT2D eigenvalue weighted by Gasteiger charge is 2.19. The molecule has 0 spiro atoms. The number of esters is 1. The summed E-state index contributed by atoms with van der Waals surface area (Å²) in [5, 5.41) is 5.78. The van der Waals surface area contributed by atoms with Crippen molar-refractivity contribution in [1.82, 2.24) is 10.2 Å². The van der Waals surface area contributed by atoms with Crippen LogP contribution in [-0.4, -0.2) is 35.3 Å². The van der Waals surface area contributed by atoms with Gasteiger partial charge in [-0.15, -0.1) is 0 Å². The molecule has 0 aromatic carbocycles. The van der Waals surface area contributed by atoms with E-state index in [1.165, 1.54) is 0 Å². The second-order valence-electron chi connectivity index (χ2n) is 2.36. The number of H-pyrrole nitrogens is 1. The minimum Gasteiger partial charge on any atom is -0.461 e. The fourth-order valence-corrected chi connectivity index (χ4v) is 0.928. The summed E-state index contributed by atoms with van der Waals surface area (Å²) in [6.45, 7) is 1.81. The molecule has 14 heavy (non-hydrogen) atoms. The Morgan fingerprint density at radius 3 is 2.71 bits per heavy atom. The van der Waals surface area contributed by atoms with Crippen LogP contribution >= 0.6 is 0 Å². The number of rotatable bonds is 4. The van der Waals surface area contributed by atoms with Crippen molar-refractivity contribution in [1.29, 1.82) is 0 Å². The first-order chi connectivity index (χ1) is 6.74. The van der Waals surface area contributed by atoms with Crippen LogP contribution in [-0.2, 0) is 4.74 Å². The third kappa shape index (κ3) is 1.68. The molecule has 1 N–H and O–H groups in total. The normalized spacial score (nSPS) is 9.50. The van der Waals surface area contributed by atoms with Crippen molar-refractivity contribution in [3.63, 3.8) is 0 Å². The van der Waals surface area contributed by atoms with Crippen molar-refractivity contribution in [3.8, 4) is 0 Å². The van der Waals surface area contributed by atoms with E-state index in [9.17, 15) is 14.4 Å². The van der Waals surface area contributed by atoms with Gasteiger partial charge in [-0.3, -0.25) is 14.7 Å². The number of hydrogen-bond donors (Lipinski definition) is 1. The van der Waals surface area contributed by atoms with Gasteiger partial charge in [0.2, 0.25) is 0 Å². The Morgan fingerprint density at radius 1 is 1.50 bits per heavy atom. The molecule has 1 heterocycles. The zero-order valence-corrected chi connectivity index (χ0v) is 7.44. The summed E-state index contributed by atoms with van der Waals surface area (Å²) >= 11 is 0. The monoisotopic (exact) mass is 196 g/mol. The zero-order valence-electron chi connectivity index (χ0n) is 7.44. The van der Waals surface area contributed by atoms with Crippen LogP contribution in [0.4, 0.5) is 0 Å². The Balaban J connectivity index is 3.08. The van der Waals surface area contributed by atoms with Gasteiger partial charge >= 0.3 is 5.97 Å². The van der Waals surface area contributed by atoms with E-state index in [1.54, 1.807) is 6.92 Å². The topological polar surface area (TPSA) is 89.1 Å². The van der Waals surface area contributed by atoms with Crippen LogP contribution in [0.1, 0.15) is 38.3 Å². The molecule has 0 unspecified atom stereocenters. The van der Waals surface area contributed by atoms with Crippen LogP contribution in [0.5, 0.6) is 0 Å². The van der Waals surface area contributed by atoms with E-state index in [-0.39, 0.29) is 23.6 Å². The Bertz CT molecular complexity index is 369. The smallest absolute Gasteiger partial charge is 0.359 e. The molecule has 0 atom stereocenters. The molecular formula is C8H8N2O4. The summed E-state index contributed by atoms with van der Waals surface area (Å²) in [6, 6.07) is 0. The Morgan fingerprint density at radius 2 is 2.21 bits per heavy atom. The van der Waals surface area contributed by atoms with E-state index >= 15 is 0 Å². The number of hydrogen-bond acceptors (Lipinski definition) is 5. The first-order valence-electron chi connectivity index (χ1n) is 3.90. The van der Waals surface area contributed by atoms with Crippen molar-refractivity contribution >= 4 is 18.5 Å². The molecule has 0 radical (unpaired) electrons. The molecule has 0 aliphatic heterocycles. The number of carbonyl (C=O) groups is 3. The number of aromatic amines is 1. The second kappa shape index (κ2) is 4.31. The van der Waals surface area contributed by atoms with Gasteiger partial charge < -0.3 is 4.74 Å². The molecule has 0 fully saturated rings. The fraction of sp³-hybridized carbons (Fsp3) is 0.250. The van der Waals surface area contributed by atoms with E-state index in [4.69, 9.17) is 0 Å². The largest absolute Gasteiger partial charge is 0.461 e. The maximum absolute atomic E-state index is 11.2. The SMILES string of the molecule is CCOC(=O)c1n[nH]c(C=O)c1C=O. The lowest BCUT2D eigenvalue weighted by molar-refractivity contribution is 0.0517. The number of nitrogens with zero attached hydrogens (tertiary/aromatic N) is 1. The summed E-state index contributed by atoms with van der Waals surface area (Å²) in [5.41, 5.74) is -0.259. The molecule has 74 valence electrons. The predicted octanol–water partition coefficient (Wildman–Crippen LogP) is 0.211. The first-order valence-corrected chi connectivity index (χ1v) is 3.90. The molecule has 6 nitrogen and oxygen atoms in total. The molecule has 0 amide bonds. The lowest BCUT2D eigenvalue weighted by Gasteiger charge is -1.97. The van der Waals surface area contributed by atoms with Crippen molar-refractivity contribution < 1.29 is 19.1 Å². The molecule has 0 saturated heterocycles. The van der Waals surface area contributed by atoms with Gasteiger partial charge in [0.05, 0.1) is 12.2 Å². The van der Waals surface area contributed by atoms with Crippen molar-refractivity contribution in [3.05, 3.63) is 17.0 Å².